The van der Waals surface area contributed by atoms with Crippen molar-refractivity contribution in [1.82, 2.24) is 19.7 Å². The van der Waals surface area contributed by atoms with Crippen LogP contribution in [0.25, 0.3) is 0 Å². The zero-order valence-corrected chi connectivity index (χ0v) is 20.9. The van der Waals surface area contributed by atoms with Crippen LogP contribution in [0.15, 0.2) is 41.4 Å². The lowest BCUT2D eigenvalue weighted by atomic mass is 9.92. The summed E-state index contributed by atoms with van der Waals surface area (Å²) < 4.78 is 17.6. The Hall–Kier alpha value is -2.86. The topological polar surface area (TPSA) is 113 Å². The van der Waals surface area contributed by atoms with Gasteiger partial charge in [0.05, 0.1) is 13.2 Å². The van der Waals surface area contributed by atoms with Crippen molar-refractivity contribution in [3.05, 3.63) is 47.7 Å². The Morgan fingerprint density at radius 2 is 1.91 bits per heavy atom. The number of aryl methyl sites for hydroxylation is 2. The van der Waals surface area contributed by atoms with Crippen molar-refractivity contribution >= 4 is 23.9 Å². The van der Waals surface area contributed by atoms with E-state index in [1.165, 1.54) is 47.9 Å². The van der Waals surface area contributed by atoms with Gasteiger partial charge in [-0.1, -0.05) is 6.07 Å². The molecule has 1 aliphatic rings. The largest absolute Gasteiger partial charge is 0.447 e. The minimum absolute atomic E-state index is 0.0822. The van der Waals surface area contributed by atoms with Gasteiger partial charge in [0, 0.05) is 44.4 Å². The van der Waals surface area contributed by atoms with Gasteiger partial charge in [0.1, 0.15) is 12.4 Å². The fourth-order valence-corrected chi connectivity index (χ4v) is 4.43. The molecule has 10 nitrogen and oxygen atoms in total. The first-order chi connectivity index (χ1) is 17.0. The number of fused-ring (bicyclic) bond motifs is 1. The minimum atomic E-state index is -0.567. The van der Waals surface area contributed by atoms with Gasteiger partial charge in [-0.05, 0) is 67.0 Å². The first-order valence-corrected chi connectivity index (χ1v) is 12.2. The molecule has 3 rings (SSSR count). The van der Waals surface area contributed by atoms with Crippen LogP contribution in [0.1, 0.15) is 24.0 Å². The minimum Gasteiger partial charge on any atom is -0.447 e. The number of pyridine rings is 1. The third kappa shape index (κ3) is 8.70. The second-order valence-electron chi connectivity index (χ2n) is 8.09. The summed E-state index contributed by atoms with van der Waals surface area (Å²) in [6, 6.07) is 9.80. The van der Waals surface area contributed by atoms with Crippen molar-refractivity contribution in [3.8, 4) is 11.6 Å². The van der Waals surface area contributed by atoms with E-state index in [0.717, 1.165) is 23.5 Å². The summed E-state index contributed by atoms with van der Waals surface area (Å²) in [6.07, 6.45) is 5.81. The number of ether oxygens (including phenoxy) is 3. The fourth-order valence-electron chi connectivity index (χ4n) is 3.55. The molecule has 0 unspecified atom stereocenters. The van der Waals surface area contributed by atoms with E-state index in [-0.39, 0.29) is 13.2 Å². The number of likely N-dealkylation sites (N-methyl/N-ethyl adjacent to an activating group) is 1. The number of aromatic nitrogens is 1. The molecule has 0 fully saturated rings. The number of nitrogens with zero attached hydrogens (tertiary/aromatic N) is 3. The molecule has 0 bridgehead atoms. The molecule has 1 aliphatic carbocycles. The third-order valence-electron chi connectivity index (χ3n) is 5.44. The van der Waals surface area contributed by atoms with Crippen LogP contribution in [-0.2, 0) is 27.1 Å². The highest BCUT2D eigenvalue weighted by molar-refractivity contribution is 7.97. The molecule has 35 heavy (non-hydrogen) atoms. The molecule has 11 heteroatoms. The molecular weight excluding hydrogens is 472 g/mol. The maximum Gasteiger partial charge on any atom is 0.409 e. The number of benzene rings is 1. The van der Waals surface area contributed by atoms with Crippen LogP contribution in [0.3, 0.4) is 0 Å². The monoisotopic (exact) mass is 504 g/mol. The summed E-state index contributed by atoms with van der Waals surface area (Å²) in [6.45, 7) is 1.06. The molecule has 1 heterocycles. The Morgan fingerprint density at radius 1 is 1.11 bits per heavy atom. The molecule has 0 saturated carbocycles. The quantitative estimate of drug-likeness (QED) is 0.195. The molecule has 0 radical (unpaired) electrons. The van der Waals surface area contributed by atoms with E-state index in [1.807, 2.05) is 12.1 Å². The molecule has 2 amide bonds. The Bertz CT molecular complexity index is 975. The van der Waals surface area contributed by atoms with Crippen LogP contribution in [0, 0.1) is 0 Å². The molecular formula is C24H32N4O6S. The smallest absolute Gasteiger partial charge is 0.409 e. The van der Waals surface area contributed by atoms with Crippen molar-refractivity contribution in [2.45, 2.75) is 30.6 Å². The van der Waals surface area contributed by atoms with Gasteiger partial charge in [-0.3, -0.25) is 10.0 Å². The van der Waals surface area contributed by atoms with E-state index in [0.29, 0.717) is 25.6 Å². The Morgan fingerprint density at radius 3 is 2.63 bits per heavy atom. The normalized spacial score (nSPS) is 12.7. The number of carbonyl (C=O) groups is 2. The Kier molecular flexibility index (Phi) is 10.6. The van der Waals surface area contributed by atoms with Gasteiger partial charge < -0.3 is 19.1 Å². The second-order valence-corrected chi connectivity index (χ2v) is 9.26. The van der Waals surface area contributed by atoms with Crippen LogP contribution in [-0.4, -0.2) is 78.4 Å². The van der Waals surface area contributed by atoms with Crippen molar-refractivity contribution in [3.63, 3.8) is 0 Å². The molecule has 0 saturated heterocycles. The average molecular weight is 505 g/mol. The van der Waals surface area contributed by atoms with E-state index in [2.05, 4.69) is 17.1 Å². The lowest BCUT2D eigenvalue weighted by Crippen LogP contribution is -2.38. The summed E-state index contributed by atoms with van der Waals surface area (Å²) in [5, 5.41) is 8.93. The lowest BCUT2D eigenvalue weighted by Gasteiger charge is -2.23. The lowest BCUT2D eigenvalue weighted by molar-refractivity contribution is -0.129. The van der Waals surface area contributed by atoms with Crippen molar-refractivity contribution in [2.24, 2.45) is 0 Å². The molecule has 0 atom stereocenters. The maximum atomic E-state index is 12.0. The summed E-state index contributed by atoms with van der Waals surface area (Å²) >= 11 is 1.29. The standard InChI is InChI=1S/C24H32N4O6S/c1-27(24(30)33-14-13-32-2)11-12-28(17-22(29)26-31)35-21-9-10-23(25-16-21)34-20-8-7-18-5-3-4-6-19(18)15-20/h7-10,15-16,31H,3-6,11-14,17H2,1-2H3,(H,26,29). The Balaban J connectivity index is 1.56. The molecule has 2 N–H and O–H groups in total. The number of hydroxylamine groups is 1. The number of nitrogens with one attached hydrogen (secondary N) is 1. The fraction of sp³-hybridized carbons (Fsp3) is 0.458. The highest BCUT2D eigenvalue weighted by atomic mass is 32.2. The number of methoxy groups -OCH3 is 1. The van der Waals surface area contributed by atoms with E-state index < -0.39 is 12.0 Å². The number of rotatable bonds is 12. The number of hydrogen-bond donors (Lipinski definition) is 2. The van der Waals surface area contributed by atoms with Gasteiger partial charge in [0.15, 0.2) is 0 Å². The first-order valence-electron chi connectivity index (χ1n) is 11.5. The van der Waals surface area contributed by atoms with Gasteiger partial charge in [-0.15, -0.1) is 0 Å². The second kappa shape index (κ2) is 13.9. The molecule has 0 spiro atoms. The molecule has 1 aromatic carbocycles. The van der Waals surface area contributed by atoms with Crippen LogP contribution < -0.4 is 10.2 Å². The van der Waals surface area contributed by atoms with Crippen LogP contribution >= 0.6 is 11.9 Å². The summed E-state index contributed by atoms with van der Waals surface area (Å²) in [7, 11) is 3.14. The SMILES string of the molecule is COCCOC(=O)N(C)CCN(CC(=O)NO)Sc1ccc(Oc2ccc3c(c2)CCCC3)nc1. The predicted molar refractivity (Wildman–Crippen MR) is 131 cm³/mol. The Labute approximate surface area is 209 Å². The van der Waals surface area contributed by atoms with Crippen LogP contribution in [0.2, 0.25) is 0 Å². The molecule has 2 aromatic rings. The van der Waals surface area contributed by atoms with E-state index in [4.69, 9.17) is 19.4 Å². The van der Waals surface area contributed by atoms with Crippen LogP contribution in [0.5, 0.6) is 11.6 Å². The zero-order valence-electron chi connectivity index (χ0n) is 20.1. The van der Waals surface area contributed by atoms with Crippen molar-refractivity contribution in [1.29, 1.82) is 0 Å². The average Bonchev–Trinajstić information content (AvgIpc) is 2.88. The van der Waals surface area contributed by atoms with Gasteiger partial charge in [-0.25, -0.2) is 19.6 Å². The molecule has 190 valence electrons. The zero-order chi connectivity index (χ0) is 25.0. The number of carbonyl (C=O) groups excluding carboxylic acids is 2. The number of hydrogen-bond acceptors (Lipinski definition) is 9. The van der Waals surface area contributed by atoms with E-state index in [9.17, 15) is 9.59 Å². The van der Waals surface area contributed by atoms with Gasteiger partial charge in [0.2, 0.25) is 5.88 Å². The van der Waals surface area contributed by atoms with Crippen molar-refractivity contribution < 1.29 is 29.0 Å². The summed E-state index contributed by atoms with van der Waals surface area (Å²) in [5.74, 6) is 0.673. The third-order valence-corrected chi connectivity index (χ3v) is 6.46. The summed E-state index contributed by atoms with van der Waals surface area (Å²) in [4.78, 5) is 30.3. The van der Waals surface area contributed by atoms with E-state index >= 15 is 0 Å². The van der Waals surface area contributed by atoms with Crippen molar-refractivity contribution in [2.75, 3.05) is 47.0 Å². The molecule has 1 aromatic heterocycles. The van der Waals surface area contributed by atoms with Crippen LogP contribution in [0.4, 0.5) is 4.79 Å². The highest BCUT2D eigenvalue weighted by Gasteiger charge is 2.17. The van der Waals surface area contributed by atoms with Gasteiger partial charge in [-0.2, -0.15) is 0 Å². The highest BCUT2D eigenvalue weighted by Crippen LogP contribution is 2.29. The number of amides is 2. The van der Waals surface area contributed by atoms with Gasteiger partial charge in [0.25, 0.3) is 5.91 Å². The maximum absolute atomic E-state index is 12.0. The van der Waals surface area contributed by atoms with E-state index in [1.54, 1.807) is 29.1 Å². The summed E-state index contributed by atoms with van der Waals surface area (Å²) in [5.41, 5.74) is 4.37. The van der Waals surface area contributed by atoms with Gasteiger partial charge >= 0.3 is 6.09 Å². The predicted octanol–water partition coefficient (Wildman–Crippen LogP) is 3.28. The molecule has 0 aliphatic heterocycles. The first kappa shape index (κ1) is 26.7.